The molecule has 5 rings (SSSR count). The van der Waals surface area contributed by atoms with Crippen molar-refractivity contribution in [3.05, 3.63) is 127 Å². The summed E-state index contributed by atoms with van der Waals surface area (Å²) in [6.45, 7) is 0. The molecule has 0 atom stereocenters. The van der Waals surface area contributed by atoms with E-state index in [0.717, 1.165) is 29.6 Å². The number of benzene rings is 4. The number of para-hydroxylation sites is 2. The van der Waals surface area contributed by atoms with Crippen LogP contribution in [0.5, 0.6) is 0 Å². The van der Waals surface area contributed by atoms with Gasteiger partial charge in [0.2, 0.25) is 17.8 Å². The highest BCUT2D eigenvalue weighted by atomic mass is 127. The average molecular weight is 736 g/mol. The summed E-state index contributed by atoms with van der Waals surface area (Å²) in [6.07, 6.45) is 3.44. The number of hydrogen-bond acceptors (Lipinski definition) is 8. The van der Waals surface area contributed by atoms with E-state index in [1.54, 1.807) is 12.4 Å². The van der Waals surface area contributed by atoms with Crippen LogP contribution in [0.15, 0.2) is 119 Å². The molecule has 0 aliphatic rings. The molecule has 0 saturated carbocycles. The molecule has 8 nitrogen and oxygen atoms in total. The molecule has 5 aromatic rings. The average Bonchev–Trinajstić information content (AvgIpc) is 2.95. The first-order valence-corrected chi connectivity index (χ1v) is 14.1. The van der Waals surface area contributed by atoms with E-state index in [1.165, 1.54) is 0 Å². The minimum absolute atomic E-state index is 0.269. The van der Waals surface area contributed by atoms with Crippen molar-refractivity contribution in [3.63, 3.8) is 0 Å². The largest absolute Gasteiger partial charge is 0.279 e. The van der Waals surface area contributed by atoms with Gasteiger partial charge in [0, 0.05) is 18.5 Å². The summed E-state index contributed by atoms with van der Waals surface area (Å²) in [5, 5.41) is 8.72. The molecule has 0 radical (unpaired) electrons. The van der Waals surface area contributed by atoms with Crippen LogP contribution in [0.4, 0.5) is 29.2 Å². The normalized spacial score (nSPS) is 11.1. The van der Waals surface area contributed by atoms with Crippen molar-refractivity contribution in [2.45, 2.75) is 0 Å². The lowest BCUT2D eigenvalue weighted by Gasteiger charge is -2.23. The lowest BCUT2D eigenvalue weighted by atomic mass is 10.2. The molecule has 0 saturated heterocycles. The molecule has 0 unspecified atom stereocenters. The van der Waals surface area contributed by atoms with Crippen LogP contribution in [0.25, 0.3) is 0 Å². The molecule has 0 aliphatic carbocycles. The molecule has 0 aliphatic heterocycles. The van der Waals surface area contributed by atoms with Gasteiger partial charge in [-0.3, -0.25) is 4.90 Å². The number of nitrogens with zero attached hydrogens (tertiary/aromatic N) is 6. The molecule has 2 N–H and O–H groups in total. The Kier molecular flexibility index (Phi) is 9.06. The molecule has 0 bridgehead atoms. The third-order valence-electron chi connectivity index (χ3n) is 5.31. The van der Waals surface area contributed by atoms with E-state index in [4.69, 9.17) is 9.97 Å². The quantitative estimate of drug-likeness (QED) is 0.0930. The van der Waals surface area contributed by atoms with Crippen LogP contribution in [-0.4, -0.2) is 27.4 Å². The van der Waals surface area contributed by atoms with Crippen molar-refractivity contribution in [2.24, 2.45) is 10.2 Å². The lowest BCUT2D eigenvalue weighted by Crippen LogP contribution is -2.16. The number of rotatable bonds is 9. The van der Waals surface area contributed by atoms with Crippen LogP contribution in [0.3, 0.4) is 0 Å². The summed E-state index contributed by atoms with van der Waals surface area (Å²) < 4.78 is 2.25. The third kappa shape index (κ3) is 7.57. The first-order chi connectivity index (χ1) is 19.1. The van der Waals surface area contributed by atoms with Crippen LogP contribution in [0, 0.1) is 7.14 Å². The highest BCUT2D eigenvalue weighted by molar-refractivity contribution is 14.1. The molecule has 0 spiro atoms. The van der Waals surface area contributed by atoms with Gasteiger partial charge in [0.15, 0.2) is 0 Å². The van der Waals surface area contributed by atoms with Gasteiger partial charge < -0.3 is 0 Å². The minimum Gasteiger partial charge on any atom is -0.279 e. The number of hydrazone groups is 2. The van der Waals surface area contributed by atoms with Gasteiger partial charge in [-0.2, -0.15) is 25.2 Å². The zero-order valence-corrected chi connectivity index (χ0v) is 24.8. The van der Waals surface area contributed by atoms with Gasteiger partial charge in [0.1, 0.15) is 0 Å². The molecule has 0 fully saturated rings. The number of aromatic nitrogens is 3. The summed E-state index contributed by atoms with van der Waals surface area (Å²) in [6, 6.07) is 35.9. The van der Waals surface area contributed by atoms with Gasteiger partial charge in [0.25, 0.3) is 0 Å². The Labute approximate surface area is 253 Å². The minimum atomic E-state index is 0.269. The van der Waals surface area contributed by atoms with Crippen molar-refractivity contribution in [3.8, 4) is 0 Å². The highest BCUT2D eigenvalue weighted by Crippen LogP contribution is 2.32. The van der Waals surface area contributed by atoms with Gasteiger partial charge in [-0.25, -0.2) is 10.9 Å². The molecule has 1 aromatic heterocycles. The zero-order valence-electron chi connectivity index (χ0n) is 20.5. The standard InChI is InChI=1S/C29H22I2N8/c30-23-11-7-9-21(17-23)19-32-37-27-34-28(38-33-20-22-10-8-12-24(31)18-22)36-29(35-27)39(25-13-3-1-4-14-25)26-15-5-2-6-16-26/h1-20H,(H2,34,35,36,37,38)/b32-19-,33-20-. The van der Waals surface area contributed by atoms with E-state index in [-0.39, 0.29) is 11.9 Å². The second-order valence-electron chi connectivity index (χ2n) is 8.14. The second kappa shape index (κ2) is 13.2. The smallest absolute Gasteiger partial charge is 0.250 e. The van der Waals surface area contributed by atoms with Gasteiger partial charge in [-0.1, -0.05) is 60.7 Å². The maximum atomic E-state index is 4.70. The van der Waals surface area contributed by atoms with E-state index >= 15 is 0 Å². The molecule has 0 amide bonds. The van der Waals surface area contributed by atoms with Crippen molar-refractivity contribution >= 4 is 86.8 Å². The Morgan fingerprint density at radius 3 is 1.46 bits per heavy atom. The van der Waals surface area contributed by atoms with Crippen molar-refractivity contribution in [2.75, 3.05) is 15.8 Å². The Morgan fingerprint density at radius 1 is 0.564 bits per heavy atom. The van der Waals surface area contributed by atoms with Crippen LogP contribution in [-0.2, 0) is 0 Å². The predicted octanol–water partition coefficient (Wildman–Crippen LogP) is 7.44. The fraction of sp³-hybridized carbons (Fsp3) is 0. The van der Waals surface area contributed by atoms with E-state index in [0.29, 0.717) is 5.95 Å². The zero-order chi connectivity index (χ0) is 26.9. The fourth-order valence-electron chi connectivity index (χ4n) is 3.60. The molecular formula is C29H22I2N8. The summed E-state index contributed by atoms with van der Waals surface area (Å²) in [5.74, 6) is 0.942. The monoisotopic (exact) mass is 736 g/mol. The summed E-state index contributed by atoms with van der Waals surface area (Å²) in [5.41, 5.74) is 9.62. The van der Waals surface area contributed by atoms with E-state index in [1.807, 2.05) is 114 Å². The van der Waals surface area contributed by atoms with Gasteiger partial charge in [-0.15, -0.1) is 0 Å². The summed E-state index contributed by atoms with van der Waals surface area (Å²) in [7, 11) is 0. The molecule has 1 heterocycles. The molecule has 4 aromatic carbocycles. The van der Waals surface area contributed by atoms with Gasteiger partial charge in [-0.05, 0) is 105 Å². The van der Waals surface area contributed by atoms with Crippen molar-refractivity contribution in [1.29, 1.82) is 0 Å². The predicted molar refractivity (Wildman–Crippen MR) is 175 cm³/mol. The first kappa shape index (κ1) is 26.7. The van der Waals surface area contributed by atoms with E-state index in [9.17, 15) is 0 Å². The molecule has 39 heavy (non-hydrogen) atoms. The maximum Gasteiger partial charge on any atom is 0.250 e. The Bertz CT molecular complexity index is 1480. The number of halogens is 2. The summed E-state index contributed by atoms with van der Waals surface area (Å²) in [4.78, 5) is 15.8. The number of anilines is 5. The molecular weight excluding hydrogens is 714 g/mol. The molecule has 10 heteroatoms. The fourth-order valence-corrected chi connectivity index (χ4v) is 4.74. The number of nitrogens with one attached hydrogen (secondary N) is 2. The van der Waals surface area contributed by atoms with Gasteiger partial charge >= 0.3 is 0 Å². The van der Waals surface area contributed by atoms with Crippen molar-refractivity contribution in [1.82, 2.24) is 15.0 Å². The Hall–Kier alpha value is -3.91. The van der Waals surface area contributed by atoms with Crippen LogP contribution in [0.2, 0.25) is 0 Å². The van der Waals surface area contributed by atoms with Gasteiger partial charge in [0.05, 0.1) is 12.4 Å². The first-order valence-electron chi connectivity index (χ1n) is 11.9. The topological polar surface area (TPSA) is 90.7 Å². The second-order valence-corrected chi connectivity index (χ2v) is 10.6. The van der Waals surface area contributed by atoms with Crippen LogP contribution < -0.4 is 15.8 Å². The number of hydrogen-bond donors (Lipinski definition) is 2. The van der Waals surface area contributed by atoms with E-state index in [2.05, 4.69) is 71.2 Å². The Balaban J connectivity index is 1.50. The maximum absolute atomic E-state index is 4.70. The highest BCUT2D eigenvalue weighted by Gasteiger charge is 2.17. The third-order valence-corrected chi connectivity index (χ3v) is 6.65. The summed E-state index contributed by atoms with van der Waals surface area (Å²) >= 11 is 4.54. The van der Waals surface area contributed by atoms with Crippen LogP contribution >= 0.6 is 45.2 Å². The van der Waals surface area contributed by atoms with Crippen molar-refractivity contribution < 1.29 is 0 Å². The van der Waals surface area contributed by atoms with E-state index < -0.39 is 0 Å². The Morgan fingerprint density at radius 2 is 1.03 bits per heavy atom. The SMILES string of the molecule is Ic1cccc(/C=N\Nc2nc(N/N=C\c3cccc(I)c3)nc(N(c3ccccc3)c3ccccc3)n2)c1. The lowest BCUT2D eigenvalue weighted by molar-refractivity contribution is 0.991. The molecule has 192 valence electrons. The van der Waals surface area contributed by atoms with Crippen LogP contribution in [0.1, 0.15) is 11.1 Å².